The summed E-state index contributed by atoms with van der Waals surface area (Å²) in [7, 11) is 0. The average molecular weight is 433 g/mol. The van der Waals surface area contributed by atoms with Crippen LogP contribution in [-0.4, -0.2) is 23.9 Å². The zero-order valence-electron chi connectivity index (χ0n) is 17.3. The molecule has 31 heavy (non-hydrogen) atoms. The van der Waals surface area contributed by atoms with Gasteiger partial charge in [-0.15, -0.1) is 0 Å². The molecule has 166 valence electrons. The summed E-state index contributed by atoms with van der Waals surface area (Å²) in [6.45, 7) is 3.48. The van der Waals surface area contributed by atoms with E-state index in [4.69, 9.17) is 5.73 Å². The number of halogens is 3. The Morgan fingerprint density at radius 1 is 1.06 bits per heavy atom. The summed E-state index contributed by atoms with van der Waals surface area (Å²) in [6.07, 6.45) is -1.13. The maximum atomic E-state index is 12.8. The molecule has 0 bridgehead atoms. The standard InChI is InChI=1S/C23H26F3N3O2/c1-15(13-17-7-4-3-5-8-17)20(29-22(31)16(2)27)11-12-21(30)28-19-10-6-9-18(14-19)23(24,25)26/h3-12,14-16,20H,13,27H2,1-2H3,(H,28,30)(H,29,31)/b12-11+/t15?,16-,20+/m0/s1. The number of anilines is 1. The largest absolute Gasteiger partial charge is 0.416 e. The van der Waals surface area contributed by atoms with E-state index >= 15 is 0 Å². The smallest absolute Gasteiger partial charge is 0.348 e. The highest BCUT2D eigenvalue weighted by Crippen LogP contribution is 2.30. The molecule has 0 aromatic heterocycles. The molecule has 3 atom stereocenters. The molecule has 0 saturated heterocycles. The van der Waals surface area contributed by atoms with Crippen molar-refractivity contribution in [2.75, 3.05) is 5.32 Å². The Kier molecular flexibility index (Phi) is 8.38. The summed E-state index contributed by atoms with van der Waals surface area (Å²) >= 11 is 0. The number of hydrogen-bond acceptors (Lipinski definition) is 3. The molecule has 0 heterocycles. The Balaban J connectivity index is 2.11. The fourth-order valence-corrected chi connectivity index (χ4v) is 2.94. The molecule has 0 radical (unpaired) electrons. The monoisotopic (exact) mass is 433 g/mol. The van der Waals surface area contributed by atoms with E-state index in [1.807, 2.05) is 37.3 Å². The van der Waals surface area contributed by atoms with Crippen LogP contribution in [0.5, 0.6) is 0 Å². The van der Waals surface area contributed by atoms with Gasteiger partial charge in [0.2, 0.25) is 11.8 Å². The summed E-state index contributed by atoms with van der Waals surface area (Å²) in [5.41, 5.74) is 5.88. The number of rotatable bonds is 8. The molecule has 2 aromatic carbocycles. The van der Waals surface area contributed by atoms with Gasteiger partial charge in [-0.3, -0.25) is 9.59 Å². The molecule has 8 heteroatoms. The lowest BCUT2D eigenvalue weighted by molar-refractivity contribution is -0.137. The van der Waals surface area contributed by atoms with Crippen LogP contribution in [0, 0.1) is 5.92 Å². The van der Waals surface area contributed by atoms with Gasteiger partial charge >= 0.3 is 6.18 Å². The molecule has 5 nitrogen and oxygen atoms in total. The molecule has 2 rings (SSSR count). The zero-order chi connectivity index (χ0) is 23.0. The van der Waals surface area contributed by atoms with Crippen molar-refractivity contribution in [3.05, 3.63) is 77.9 Å². The number of benzene rings is 2. The second-order valence-corrected chi connectivity index (χ2v) is 7.42. The molecule has 0 aliphatic heterocycles. The zero-order valence-corrected chi connectivity index (χ0v) is 17.3. The van der Waals surface area contributed by atoms with Crippen molar-refractivity contribution in [3.63, 3.8) is 0 Å². The number of nitrogens with two attached hydrogens (primary N) is 1. The minimum Gasteiger partial charge on any atom is -0.348 e. The molecule has 0 aliphatic carbocycles. The summed E-state index contributed by atoms with van der Waals surface area (Å²) in [5, 5.41) is 5.22. The Bertz CT molecular complexity index is 912. The quantitative estimate of drug-likeness (QED) is 0.552. The Hall–Kier alpha value is -3.13. The van der Waals surface area contributed by atoms with Crippen molar-refractivity contribution in [1.82, 2.24) is 5.32 Å². The second kappa shape index (κ2) is 10.8. The van der Waals surface area contributed by atoms with Crippen molar-refractivity contribution >= 4 is 17.5 Å². The minimum absolute atomic E-state index is 0.0259. The third-order valence-corrected chi connectivity index (χ3v) is 4.65. The number of carbonyl (C=O) groups is 2. The normalized spacial score (nSPS) is 14.6. The number of carbonyl (C=O) groups excluding carboxylic acids is 2. The fraction of sp³-hybridized carbons (Fsp3) is 0.304. The predicted molar refractivity (Wildman–Crippen MR) is 114 cm³/mol. The van der Waals surface area contributed by atoms with E-state index in [1.165, 1.54) is 24.3 Å². The van der Waals surface area contributed by atoms with E-state index in [2.05, 4.69) is 10.6 Å². The molecular formula is C23H26F3N3O2. The highest BCUT2D eigenvalue weighted by atomic mass is 19.4. The van der Waals surface area contributed by atoms with Crippen molar-refractivity contribution in [3.8, 4) is 0 Å². The van der Waals surface area contributed by atoms with Crippen LogP contribution in [-0.2, 0) is 22.2 Å². The van der Waals surface area contributed by atoms with Gasteiger partial charge in [-0.05, 0) is 43.0 Å². The van der Waals surface area contributed by atoms with E-state index in [0.717, 1.165) is 17.7 Å². The van der Waals surface area contributed by atoms with E-state index in [1.54, 1.807) is 6.92 Å². The van der Waals surface area contributed by atoms with Gasteiger partial charge in [-0.25, -0.2) is 0 Å². The van der Waals surface area contributed by atoms with E-state index in [9.17, 15) is 22.8 Å². The van der Waals surface area contributed by atoms with Crippen LogP contribution in [0.25, 0.3) is 0 Å². The van der Waals surface area contributed by atoms with E-state index in [0.29, 0.717) is 6.42 Å². The summed E-state index contributed by atoms with van der Waals surface area (Å²) < 4.78 is 38.5. The van der Waals surface area contributed by atoms with Crippen LogP contribution in [0.1, 0.15) is 25.0 Å². The second-order valence-electron chi connectivity index (χ2n) is 7.42. The van der Waals surface area contributed by atoms with Crippen LogP contribution in [0.3, 0.4) is 0 Å². The fourth-order valence-electron chi connectivity index (χ4n) is 2.94. The van der Waals surface area contributed by atoms with Crippen LogP contribution in [0.4, 0.5) is 18.9 Å². The highest BCUT2D eigenvalue weighted by molar-refractivity contribution is 5.99. The van der Waals surface area contributed by atoms with Gasteiger partial charge in [0, 0.05) is 11.8 Å². The first kappa shape index (κ1) is 24.1. The number of nitrogens with one attached hydrogen (secondary N) is 2. The SMILES string of the molecule is CC(Cc1ccccc1)[C@@H](/C=C/C(=O)Nc1cccc(C(F)(F)F)c1)NC(=O)[C@H](C)N. The number of amides is 2. The first-order chi connectivity index (χ1) is 14.6. The Morgan fingerprint density at radius 2 is 1.74 bits per heavy atom. The molecule has 4 N–H and O–H groups in total. The van der Waals surface area contributed by atoms with Gasteiger partial charge in [0.1, 0.15) is 0 Å². The van der Waals surface area contributed by atoms with Gasteiger partial charge in [0.25, 0.3) is 0 Å². The van der Waals surface area contributed by atoms with Crippen molar-refractivity contribution in [1.29, 1.82) is 0 Å². The van der Waals surface area contributed by atoms with Crippen LogP contribution < -0.4 is 16.4 Å². The van der Waals surface area contributed by atoms with Gasteiger partial charge in [0.05, 0.1) is 17.6 Å². The van der Waals surface area contributed by atoms with Gasteiger partial charge in [0.15, 0.2) is 0 Å². The highest BCUT2D eigenvalue weighted by Gasteiger charge is 2.30. The topological polar surface area (TPSA) is 84.2 Å². The molecular weight excluding hydrogens is 407 g/mol. The van der Waals surface area contributed by atoms with Gasteiger partial charge < -0.3 is 16.4 Å². The van der Waals surface area contributed by atoms with E-state index < -0.39 is 29.7 Å². The van der Waals surface area contributed by atoms with E-state index in [-0.39, 0.29) is 17.5 Å². The summed E-state index contributed by atoms with van der Waals surface area (Å²) in [6, 6.07) is 12.8. The van der Waals surface area contributed by atoms with Crippen LogP contribution in [0.2, 0.25) is 0 Å². The summed E-state index contributed by atoms with van der Waals surface area (Å²) in [5.74, 6) is -1.04. The van der Waals surface area contributed by atoms with Crippen molar-refractivity contribution in [2.45, 2.75) is 38.5 Å². The lowest BCUT2D eigenvalue weighted by Gasteiger charge is -2.23. The maximum absolute atomic E-state index is 12.8. The molecule has 0 aliphatic rings. The molecule has 0 saturated carbocycles. The Labute approximate surface area is 179 Å². The molecule has 2 amide bonds. The third-order valence-electron chi connectivity index (χ3n) is 4.65. The van der Waals surface area contributed by atoms with Crippen LogP contribution in [0.15, 0.2) is 66.7 Å². The molecule has 1 unspecified atom stereocenters. The Morgan fingerprint density at radius 3 is 2.35 bits per heavy atom. The third kappa shape index (κ3) is 7.90. The summed E-state index contributed by atoms with van der Waals surface area (Å²) in [4.78, 5) is 24.4. The molecule has 0 fully saturated rings. The number of alkyl halides is 3. The molecule has 2 aromatic rings. The number of hydrogen-bond donors (Lipinski definition) is 3. The average Bonchev–Trinajstić information content (AvgIpc) is 2.71. The van der Waals surface area contributed by atoms with Crippen LogP contribution >= 0.6 is 0 Å². The van der Waals surface area contributed by atoms with Crippen molar-refractivity contribution in [2.24, 2.45) is 11.7 Å². The lowest BCUT2D eigenvalue weighted by Crippen LogP contribution is -2.46. The first-order valence-corrected chi connectivity index (χ1v) is 9.82. The lowest BCUT2D eigenvalue weighted by atomic mass is 9.93. The maximum Gasteiger partial charge on any atom is 0.416 e. The first-order valence-electron chi connectivity index (χ1n) is 9.82. The van der Waals surface area contributed by atoms with Crippen molar-refractivity contribution < 1.29 is 22.8 Å². The van der Waals surface area contributed by atoms with Gasteiger partial charge in [-0.2, -0.15) is 13.2 Å². The minimum atomic E-state index is -4.50. The predicted octanol–water partition coefficient (Wildman–Crippen LogP) is 3.91. The van der Waals surface area contributed by atoms with Gasteiger partial charge in [-0.1, -0.05) is 49.4 Å². The molecule has 0 spiro atoms.